The van der Waals surface area contributed by atoms with Crippen LogP contribution in [0.5, 0.6) is 0 Å². The summed E-state index contributed by atoms with van der Waals surface area (Å²) in [6.45, 7) is 8.97. The maximum Gasteiger partial charge on any atom is 0.237 e. The molecule has 0 bridgehead atoms. The first kappa shape index (κ1) is 15.3. The van der Waals surface area contributed by atoms with Crippen molar-refractivity contribution in [3.63, 3.8) is 0 Å². The quantitative estimate of drug-likeness (QED) is 0.926. The van der Waals surface area contributed by atoms with E-state index < -0.39 is 0 Å². The number of rotatable bonds is 4. The molecule has 1 heterocycles. The second-order valence-electron chi connectivity index (χ2n) is 5.89. The molecule has 2 rings (SSSR count). The number of nitrogens with one attached hydrogen (secondary N) is 1. The molecule has 1 aromatic rings. The van der Waals surface area contributed by atoms with Crippen LogP contribution in [0.2, 0.25) is 5.02 Å². The van der Waals surface area contributed by atoms with Gasteiger partial charge in [-0.2, -0.15) is 0 Å². The van der Waals surface area contributed by atoms with E-state index in [1.807, 2.05) is 31.2 Å². The molecule has 1 aromatic carbocycles. The summed E-state index contributed by atoms with van der Waals surface area (Å²) in [5, 5.41) is 3.68. The fourth-order valence-corrected chi connectivity index (χ4v) is 2.83. The fraction of sp³-hybridized carbons (Fsp3) is 0.562. The minimum absolute atomic E-state index is 0.0752. The van der Waals surface area contributed by atoms with Crippen LogP contribution >= 0.6 is 11.6 Å². The van der Waals surface area contributed by atoms with E-state index in [0.29, 0.717) is 23.4 Å². The Bertz CT molecular complexity index is 467. The van der Waals surface area contributed by atoms with E-state index in [-0.39, 0.29) is 11.9 Å². The van der Waals surface area contributed by atoms with Crippen molar-refractivity contribution in [2.24, 2.45) is 11.8 Å². The minimum atomic E-state index is -0.0788. The summed E-state index contributed by atoms with van der Waals surface area (Å²) < 4.78 is 0. The van der Waals surface area contributed by atoms with Crippen LogP contribution in [-0.4, -0.2) is 29.9 Å². The molecular formula is C16H23ClN2O. The summed E-state index contributed by atoms with van der Waals surface area (Å²) in [5.74, 6) is 1.40. The number of benzene rings is 1. The molecule has 3 atom stereocenters. The number of hydrogen-bond acceptors (Lipinski definition) is 2. The molecule has 3 unspecified atom stereocenters. The third-order valence-corrected chi connectivity index (χ3v) is 4.72. The average Bonchev–Trinajstić information content (AvgIpc) is 2.76. The standard InChI is InChI=1S/C16H23ClN2O/c1-11-9-19(10-12(11)2)13(3)16(20)18-8-14-6-4-5-7-15(14)17/h4-7,11-13H,8-10H2,1-3H3,(H,18,20). The summed E-state index contributed by atoms with van der Waals surface area (Å²) >= 11 is 6.09. The van der Waals surface area contributed by atoms with Gasteiger partial charge in [0.15, 0.2) is 0 Å². The second kappa shape index (κ2) is 6.59. The average molecular weight is 295 g/mol. The van der Waals surface area contributed by atoms with Crippen molar-refractivity contribution < 1.29 is 4.79 Å². The number of hydrogen-bond donors (Lipinski definition) is 1. The highest BCUT2D eigenvalue weighted by Crippen LogP contribution is 2.24. The lowest BCUT2D eigenvalue weighted by molar-refractivity contribution is -0.125. The zero-order chi connectivity index (χ0) is 14.7. The van der Waals surface area contributed by atoms with Crippen LogP contribution in [0.25, 0.3) is 0 Å². The second-order valence-corrected chi connectivity index (χ2v) is 6.30. The number of amides is 1. The molecule has 0 radical (unpaired) electrons. The lowest BCUT2D eigenvalue weighted by Gasteiger charge is -2.23. The Morgan fingerprint density at radius 3 is 2.55 bits per heavy atom. The molecule has 1 aliphatic heterocycles. The number of halogens is 1. The minimum Gasteiger partial charge on any atom is -0.351 e. The Hall–Kier alpha value is -1.06. The molecule has 1 amide bonds. The van der Waals surface area contributed by atoms with Gasteiger partial charge in [0.2, 0.25) is 5.91 Å². The van der Waals surface area contributed by atoms with E-state index >= 15 is 0 Å². The van der Waals surface area contributed by atoms with Crippen LogP contribution in [0.15, 0.2) is 24.3 Å². The zero-order valence-electron chi connectivity index (χ0n) is 12.4. The molecule has 20 heavy (non-hydrogen) atoms. The first-order valence-corrected chi connectivity index (χ1v) is 7.62. The van der Waals surface area contributed by atoms with Gasteiger partial charge < -0.3 is 5.32 Å². The van der Waals surface area contributed by atoms with Gasteiger partial charge in [-0.3, -0.25) is 9.69 Å². The van der Waals surface area contributed by atoms with Crippen molar-refractivity contribution in [2.75, 3.05) is 13.1 Å². The van der Waals surface area contributed by atoms with Gasteiger partial charge in [-0.05, 0) is 30.4 Å². The molecule has 3 nitrogen and oxygen atoms in total. The van der Waals surface area contributed by atoms with Gasteiger partial charge >= 0.3 is 0 Å². The van der Waals surface area contributed by atoms with E-state index in [0.717, 1.165) is 18.7 Å². The van der Waals surface area contributed by atoms with E-state index in [2.05, 4.69) is 24.1 Å². The zero-order valence-corrected chi connectivity index (χ0v) is 13.2. The van der Waals surface area contributed by atoms with Crippen LogP contribution in [-0.2, 0) is 11.3 Å². The Morgan fingerprint density at radius 1 is 1.35 bits per heavy atom. The van der Waals surface area contributed by atoms with Gasteiger partial charge in [-0.1, -0.05) is 43.6 Å². The molecule has 0 saturated carbocycles. The van der Waals surface area contributed by atoms with Crippen LogP contribution in [0, 0.1) is 11.8 Å². The smallest absolute Gasteiger partial charge is 0.237 e. The normalized spacial score (nSPS) is 24.6. The molecule has 1 fully saturated rings. The van der Waals surface area contributed by atoms with Crippen molar-refractivity contribution in [1.29, 1.82) is 0 Å². The maximum absolute atomic E-state index is 12.2. The summed E-state index contributed by atoms with van der Waals surface area (Å²) in [4.78, 5) is 14.5. The Kier molecular flexibility index (Phi) is 5.06. The van der Waals surface area contributed by atoms with Crippen LogP contribution < -0.4 is 5.32 Å². The summed E-state index contributed by atoms with van der Waals surface area (Å²) in [5.41, 5.74) is 0.956. The van der Waals surface area contributed by atoms with Crippen molar-refractivity contribution in [2.45, 2.75) is 33.4 Å². The molecule has 4 heteroatoms. The molecular weight excluding hydrogens is 272 g/mol. The first-order valence-electron chi connectivity index (χ1n) is 7.24. The number of likely N-dealkylation sites (tertiary alicyclic amines) is 1. The van der Waals surface area contributed by atoms with E-state index in [9.17, 15) is 4.79 Å². The van der Waals surface area contributed by atoms with Gasteiger partial charge in [0.25, 0.3) is 0 Å². The number of carbonyl (C=O) groups is 1. The van der Waals surface area contributed by atoms with Crippen LogP contribution in [0.1, 0.15) is 26.3 Å². The lowest BCUT2D eigenvalue weighted by atomic mass is 10.0. The number of nitrogens with zero attached hydrogens (tertiary/aromatic N) is 1. The largest absolute Gasteiger partial charge is 0.351 e. The third kappa shape index (κ3) is 3.53. The molecule has 0 spiro atoms. The van der Waals surface area contributed by atoms with E-state index in [1.54, 1.807) is 0 Å². The third-order valence-electron chi connectivity index (χ3n) is 4.35. The lowest BCUT2D eigenvalue weighted by Crippen LogP contribution is -2.44. The van der Waals surface area contributed by atoms with Gasteiger partial charge in [0.05, 0.1) is 6.04 Å². The van der Waals surface area contributed by atoms with Crippen molar-refractivity contribution in [1.82, 2.24) is 10.2 Å². The van der Waals surface area contributed by atoms with Gasteiger partial charge in [0, 0.05) is 24.7 Å². The highest BCUT2D eigenvalue weighted by molar-refractivity contribution is 6.31. The highest BCUT2D eigenvalue weighted by Gasteiger charge is 2.31. The van der Waals surface area contributed by atoms with Crippen molar-refractivity contribution >= 4 is 17.5 Å². The molecule has 1 aliphatic rings. The van der Waals surface area contributed by atoms with Crippen molar-refractivity contribution in [3.05, 3.63) is 34.9 Å². The van der Waals surface area contributed by atoms with Gasteiger partial charge in [-0.25, -0.2) is 0 Å². The molecule has 1 N–H and O–H groups in total. The predicted octanol–water partition coefficient (Wildman–Crippen LogP) is 2.93. The summed E-state index contributed by atoms with van der Waals surface area (Å²) in [6, 6.07) is 7.53. The Labute approximate surface area is 126 Å². The van der Waals surface area contributed by atoms with Gasteiger partial charge in [-0.15, -0.1) is 0 Å². The monoisotopic (exact) mass is 294 g/mol. The van der Waals surface area contributed by atoms with Gasteiger partial charge in [0.1, 0.15) is 0 Å². The Balaban J connectivity index is 1.87. The van der Waals surface area contributed by atoms with E-state index in [4.69, 9.17) is 11.6 Å². The fourth-order valence-electron chi connectivity index (χ4n) is 2.63. The number of carbonyl (C=O) groups excluding carboxylic acids is 1. The van der Waals surface area contributed by atoms with Crippen LogP contribution in [0.3, 0.4) is 0 Å². The molecule has 1 saturated heterocycles. The molecule has 110 valence electrons. The Morgan fingerprint density at radius 2 is 1.95 bits per heavy atom. The summed E-state index contributed by atoms with van der Waals surface area (Å²) in [6.07, 6.45) is 0. The van der Waals surface area contributed by atoms with Crippen molar-refractivity contribution in [3.8, 4) is 0 Å². The highest BCUT2D eigenvalue weighted by atomic mass is 35.5. The topological polar surface area (TPSA) is 32.3 Å². The van der Waals surface area contributed by atoms with E-state index in [1.165, 1.54) is 0 Å². The molecule has 0 aromatic heterocycles. The maximum atomic E-state index is 12.2. The predicted molar refractivity (Wildman–Crippen MR) is 82.7 cm³/mol. The SMILES string of the molecule is CC1CN(C(C)C(=O)NCc2ccccc2Cl)CC1C. The summed E-state index contributed by atoms with van der Waals surface area (Å²) in [7, 11) is 0. The first-order chi connectivity index (χ1) is 9.49. The van der Waals surface area contributed by atoms with Crippen LogP contribution in [0.4, 0.5) is 0 Å². The molecule has 0 aliphatic carbocycles.